The van der Waals surface area contributed by atoms with Crippen LogP contribution in [-0.2, 0) is 4.79 Å². The number of benzene rings is 3. The Balaban J connectivity index is 1.25. The van der Waals surface area contributed by atoms with Gasteiger partial charge in [0.15, 0.2) is 11.0 Å². The zero-order chi connectivity index (χ0) is 32.3. The first-order valence-corrected chi connectivity index (χ1v) is 14.8. The second-order valence-corrected chi connectivity index (χ2v) is 11.4. The first kappa shape index (κ1) is 31.8. The van der Waals surface area contributed by atoms with Crippen LogP contribution in [0.15, 0.2) is 77.1 Å². The maximum atomic E-state index is 14.9. The van der Waals surface area contributed by atoms with E-state index in [0.717, 1.165) is 28.9 Å². The summed E-state index contributed by atoms with van der Waals surface area (Å²) < 4.78 is 57.3. The number of aryl methyl sites for hydroxylation is 1. The molecule has 3 aromatic carbocycles. The lowest BCUT2D eigenvalue weighted by Gasteiger charge is -2.22. The maximum absolute atomic E-state index is 14.9. The Morgan fingerprint density at radius 2 is 1.89 bits per heavy atom. The summed E-state index contributed by atoms with van der Waals surface area (Å²) in [4.78, 5) is 22.9. The van der Waals surface area contributed by atoms with Crippen LogP contribution < -0.4 is 15.1 Å². The number of nitrogens with zero attached hydrogens (tertiary/aromatic N) is 6. The molecule has 5 rings (SSSR count). The predicted octanol–water partition coefficient (Wildman–Crippen LogP) is 6.75. The van der Waals surface area contributed by atoms with Gasteiger partial charge in [0, 0.05) is 11.1 Å². The lowest BCUT2D eigenvalue weighted by atomic mass is 9.99. The van der Waals surface area contributed by atoms with Crippen molar-refractivity contribution in [2.24, 2.45) is 10.1 Å². The summed E-state index contributed by atoms with van der Waals surface area (Å²) in [7, 11) is 0. The number of alkyl halides is 3. The number of aliphatic imine (C=N–C) groups is 1. The first-order valence-electron chi connectivity index (χ1n) is 13.4. The molecule has 1 aliphatic rings. The van der Waals surface area contributed by atoms with Gasteiger partial charge in [-0.2, -0.15) is 10.1 Å². The van der Waals surface area contributed by atoms with Crippen molar-refractivity contribution in [3.8, 4) is 22.8 Å². The second kappa shape index (κ2) is 13.2. The fourth-order valence-corrected chi connectivity index (χ4v) is 5.44. The largest absolute Gasteiger partial charge is 0.573 e. The van der Waals surface area contributed by atoms with E-state index in [1.807, 2.05) is 25.1 Å². The Hall–Kier alpha value is -4.63. The highest BCUT2D eigenvalue weighted by atomic mass is 32.2. The Kier molecular flexibility index (Phi) is 9.29. The van der Waals surface area contributed by atoms with Crippen LogP contribution in [0.3, 0.4) is 0 Å². The third kappa shape index (κ3) is 7.72. The minimum absolute atomic E-state index is 0.00281. The van der Waals surface area contributed by atoms with Crippen molar-refractivity contribution in [2.45, 2.75) is 33.1 Å². The molecule has 9 nitrogen and oxygen atoms in total. The highest BCUT2D eigenvalue weighted by Gasteiger charge is 2.32. The molecule has 1 aliphatic heterocycles. The molecule has 2 heterocycles. The van der Waals surface area contributed by atoms with Crippen molar-refractivity contribution >= 4 is 52.1 Å². The molecular formula is C30H25F4N7O2S2. The van der Waals surface area contributed by atoms with Gasteiger partial charge in [-0.05, 0) is 78.7 Å². The van der Waals surface area contributed by atoms with Crippen molar-refractivity contribution in [3.63, 3.8) is 0 Å². The number of thiocarbonyl (C=S) groups is 1. The van der Waals surface area contributed by atoms with Gasteiger partial charge in [0.05, 0.1) is 23.3 Å². The van der Waals surface area contributed by atoms with Crippen LogP contribution >= 0.6 is 24.0 Å². The molecule has 45 heavy (non-hydrogen) atoms. The molecule has 4 aromatic rings. The average molecular weight is 656 g/mol. The highest BCUT2D eigenvalue weighted by molar-refractivity contribution is 8.15. The summed E-state index contributed by atoms with van der Waals surface area (Å²) >= 11 is 6.58. The number of anilines is 1. The molecule has 0 bridgehead atoms. The standard InChI is InChI=1S/C30H25F4N7O2S2/c1-17(2)23-11-4-18(3)12-25(23)41-26(42)15-45-29(41)37-28(44)38-36-14-20-6-5-19(13-24(20)31)27-35-16-40(39-27)21-7-9-22(10-8-21)43-30(32,33)34/h4-14,16-17H,15H2,1-3H3,(H,38,44)/b36-14+,37-29?. The fraction of sp³-hybridized carbons (Fsp3) is 0.200. The molecule has 0 aliphatic carbocycles. The van der Waals surface area contributed by atoms with E-state index >= 15 is 0 Å². The summed E-state index contributed by atoms with van der Waals surface area (Å²) in [5, 5.41) is 8.71. The number of amidine groups is 1. The number of nitrogens with one attached hydrogen (secondary N) is 1. The van der Waals surface area contributed by atoms with Gasteiger partial charge in [0.2, 0.25) is 11.0 Å². The van der Waals surface area contributed by atoms with Crippen molar-refractivity contribution in [1.82, 2.24) is 20.2 Å². The predicted molar refractivity (Wildman–Crippen MR) is 169 cm³/mol. The molecule has 0 saturated carbocycles. The van der Waals surface area contributed by atoms with Gasteiger partial charge in [-0.15, -0.1) is 18.3 Å². The van der Waals surface area contributed by atoms with Crippen LogP contribution in [0.2, 0.25) is 0 Å². The molecule has 1 saturated heterocycles. The van der Waals surface area contributed by atoms with E-state index < -0.39 is 12.2 Å². The Morgan fingerprint density at radius 3 is 2.58 bits per heavy atom. The second-order valence-electron chi connectivity index (χ2n) is 10.1. The van der Waals surface area contributed by atoms with Crippen molar-refractivity contribution in [3.05, 3.63) is 89.5 Å². The molecule has 0 unspecified atom stereocenters. The summed E-state index contributed by atoms with van der Waals surface area (Å²) in [6, 6.07) is 15.3. The zero-order valence-electron chi connectivity index (χ0n) is 24.0. The molecule has 15 heteroatoms. The number of hydrogen-bond acceptors (Lipinski definition) is 7. The maximum Gasteiger partial charge on any atom is 0.573 e. The van der Waals surface area contributed by atoms with Crippen LogP contribution in [-0.4, -0.2) is 49.3 Å². The van der Waals surface area contributed by atoms with E-state index in [2.05, 4.69) is 44.2 Å². The Bertz CT molecular complexity index is 1800. The molecule has 0 atom stereocenters. The van der Waals surface area contributed by atoms with Gasteiger partial charge in [0.1, 0.15) is 17.9 Å². The Labute approximate surface area is 265 Å². The zero-order valence-corrected chi connectivity index (χ0v) is 25.7. The fourth-order valence-electron chi connectivity index (χ4n) is 4.38. The Morgan fingerprint density at radius 1 is 1.13 bits per heavy atom. The average Bonchev–Trinajstić information content (AvgIpc) is 3.60. The summed E-state index contributed by atoms with van der Waals surface area (Å²) in [5.74, 6) is -0.470. The number of hydrazone groups is 1. The molecule has 1 fully saturated rings. The lowest BCUT2D eigenvalue weighted by Crippen LogP contribution is -2.31. The first-order chi connectivity index (χ1) is 21.4. The number of carbonyl (C=O) groups is 1. The van der Waals surface area contributed by atoms with E-state index in [4.69, 9.17) is 12.2 Å². The third-order valence-electron chi connectivity index (χ3n) is 6.46. The van der Waals surface area contributed by atoms with Crippen LogP contribution in [0.1, 0.15) is 36.5 Å². The highest BCUT2D eigenvalue weighted by Crippen LogP contribution is 2.34. The number of ether oxygens (including phenoxy) is 1. The number of halogens is 4. The van der Waals surface area contributed by atoms with Gasteiger partial charge in [-0.1, -0.05) is 43.8 Å². The van der Waals surface area contributed by atoms with Gasteiger partial charge in [-0.25, -0.2) is 14.1 Å². The molecular weight excluding hydrogens is 631 g/mol. The molecule has 232 valence electrons. The van der Waals surface area contributed by atoms with E-state index in [1.165, 1.54) is 53.3 Å². The van der Waals surface area contributed by atoms with E-state index in [1.54, 1.807) is 11.0 Å². The van der Waals surface area contributed by atoms with Gasteiger partial charge in [-0.3, -0.25) is 15.1 Å². The number of rotatable bonds is 7. The number of amides is 1. The van der Waals surface area contributed by atoms with Gasteiger partial charge in [0.25, 0.3) is 0 Å². The van der Waals surface area contributed by atoms with Crippen LogP contribution in [0.4, 0.5) is 23.2 Å². The number of thioether (sulfide) groups is 1. The summed E-state index contributed by atoms with van der Waals surface area (Å²) in [5.41, 5.74) is 6.33. The quantitative estimate of drug-likeness (QED) is 0.102. The molecule has 0 spiro atoms. The summed E-state index contributed by atoms with van der Waals surface area (Å²) in [6.45, 7) is 6.06. The third-order valence-corrected chi connectivity index (χ3v) is 7.57. The number of hydrogen-bond donors (Lipinski definition) is 1. The van der Waals surface area contributed by atoms with Gasteiger partial charge < -0.3 is 4.74 Å². The SMILES string of the molecule is Cc1ccc(C(C)C)c(N2C(=O)CSC2=NC(=S)N/N=C/c2ccc(-c3ncn(-c4ccc(OC(F)(F)F)cc4)n3)cc2F)c1. The monoisotopic (exact) mass is 655 g/mol. The van der Waals surface area contributed by atoms with E-state index in [9.17, 15) is 22.4 Å². The topological polar surface area (TPSA) is 97.0 Å². The summed E-state index contributed by atoms with van der Waals surface area (Å²) in [6.07, 6.45) is -2.20. The molecule has 1 amide bonds. The van der Waals surface area contributed by atoms with Crippen LogP contribution in [0.5, 0.6) is 5.75 Å². The number of carbonyl (C=O) groups excluding carboxylic acids is 1. The van der Waals surface area contributed by atoms with Gasteiger partial charge >= 0.3 is 6.36 Å². The van der Waals surface area contributed by atoms with Crippen LogP contribution in [0.25, 0.3) is 17.1 Å². The number of aromatic nitrogens is 3. The molecule has 0 radical (unpaired) electrons. The minimum atomic E-state index is -4.79. The van der Waals surface area contributed by atoms with Crippen molar-refractivity contribution in [2.75, 3.05) is 10.7 Å². The molecule has 1 aromatic heterocycles. The van der Waals surface area contributed by atoms with E-state index in [0.29, 0.717) is 16.4 Å². The van der Waals surface area contributed by atoms with Crippen LogP contribution in [0, 0.1) is 12.7 Å². The normalized spacial score (nSPS) is 14.6. The smallest absolute Gasteiger partial charge is 0.406 e. The molecule has 1 N–H and O–H groups in total. The van der Waals surface area contributed by atoms with E-state index in [-0.39, 0.29) is 39.8 Å². The van der Waals surface area contributed by atoms with Crippen molar-refractivity contribution in [1.29, 1.82) is 0 Å². The lowest BCUT2D eigenvalue weighted by molar-refractivity contribution is -0.274. The minimum Gasteiger partial charge on any atom is -0.406 e. The van der Waals surface area contributed by atoms with Crippen molar-refractivity contribution < 1.29 is 27.1 Å².